The van der Waals surface area contributed by atoms with Crippen molar-refractivity contribution in [3.8, 4) is 0 Å². The molecular weight excluding hydrogens is 264 g/mol. The second-order valence-corrected chi connectivity index (χ2v) is 7.30. The van der Waals surface area contributed by atoms with Crippen LogP contribution in [0.1, 0.15) is 51.4 Å². The molecule has 1 saturated heterocycles. The van der Waals surface area contributed by atoms with Gasteiger partial charge in [0, 0.05) is 25.3 Å². The zero-order valence-electron chi connectivity index (χ0n) is 13.9. The van der Waals surface area contributed by atoms with Crippen LogP contribution in [-0.2, 0) is 5.54 Å². The SMILES string of the molecule is CC(C)N1CC[C@H](CNC(=O)c2cnn(C(C)(C)C)c2)C1. The largest absolute Gasteiger partial charge is 0.352 e. The molecule has 0 radical (unpaired) electrons. The van der Waals surface area contributed by atoms with E-state index in [2.05, 4.69) is 49.9 Å². The zero-order chi connectivity index (χ0) is 15.6. The van der Waals surface area contributed by atoms with Crippen LogP contribution >= 0.6 is 0 Å². The number of amides is 1. The summed E-state index contributed by atoms with van der Waals surface area (Å²) in [6, 6.07) is 0.593. The Balaban J connectivity index is 1.84. The maximum Gasteiger partial charge on any atom is 0.254 e. The number of rotatable bonds is 4. The molecule has 5 nitrogen and oxygen atoms in total. The Morgan fingerprint density at radius 2 is 2.19 bits per heavy atom. The van der Waals surface area contributed by atoms with Gasteiger partial charge in [-0.1, -0.05) is 0 Å². The molecule has 118 valence electrons. The van der Waals surface area contributed by atoms with E-state index < -0.39 is 0 Å². The van der Waals surface area contributed by atoms with Gasteiger partial charge in [0.15, 0.2) is 0 Å². The second kappa shape index (κ2) is 6.18. The van der Waals surface area contributed by atoms with Crippen molar-refractivity contribution < 1.29 is 4.79 Å². The van der Waals surface area contributed by atoms with E-state index in [0.717, 1.165) is 19.6 Å². The third-order valence-corrected chi connectivity index (χ3v) is 4.13. The molecule has 1 fully saturated rings. The number of carbonyl (C=O) groups is 1. The van der Waals surface area contributed by atoms with Gasteiger partial charge in [-0.25, -0.2) is 0 Å². The average molecular weight is 292 g/mol. The maximum absolute atomic E-state index is 12.2. The first kappa shape index (κ1) is 16.0. The van der Waals surface area contributed by atoms with Gasteiger partial charge >= 0.3 is 0 Å². The van der Waals surface area contributed by atoms with Gasteiger partial charge in [-0.05, 0) is 53.5 Å². The van der Waals surface area contributed by atoms with Crippen LogP contribution < -0.4 is 5.32 Å². The lowest BCUT2D eigenvalue weighted by molar-refractivity contribution is 0.0947. The lowest BCUT2D eigenvalue weighted by Crippen LogP contribution is -2.32. The Labute approximate surface area is 127 Å². The summed E-state index contributed by atoms with van der Waals surface area (Å²) >= 11 is 0. The molecule has 1 aromatic heterocycles. The Bertz CT molecular complexity index is 487. The van der Waals surface area contributed by atoms with Crippen LogP contribution in [0.15, 0.2) is 12.4 Å². The van der Waals surface area contributed by atoms with E-state index in [0.29, 0.717) is 17.5 Å². The first-order chi connectivity index (χ1) is 9.77. The predicted molar refractivity (Wildman–Crippen MR) is 84.4 cm³/mol. The third kappa shape index (κ3) is 4.06. The number of nitrogens with zero attached hydrogens (tertiary/aromatic N) is 3. The van der Waals surface area contributed by atoms with Crippen LogP contribution in [0.3, 0.4) is 0 Å². The topological polar surface area (TPSA) is 50.2 Å². The summed E-state index contributed by atoms with van der Waals surface area (Å²) in [5.74, 6) is 0.544. The molecule has 0 aliphatic carbocycles. The summed E-state index contributed by atoms with van der Waals surface area (Å²) in [6.45, 7) is 13.6. The monoisotopic (exact) mass is 292 g/mol. The first-order valence-corrected chi connectivity index (χ1v) is 7.85. The van der Waals surface area contributed by atoms with Crippen molar-refractivity contribution in [2.45, 2.75) is 52.6 Å². The highest BCUT2D eigenvalue weighted by Gasteiger charge is 2.24. The number of hydrogen-bond donors (Lipinski definition) is 1. The molecule has 1 aromatic rings. The molecule has 1 amide bonds. The number of carbonyl (C=O) groups excluding carboxylic acids is 1. The molecule has 0 unspecified atom stereocenters. The number of nitrogens with one attached hydrogen (secondary N) is 1. The van der Waals surface area contributed by atoms with E-state index in [1.165, 1.54) is 6.42 Å². The number of likely N-dealkylation sites (tertiary alicyclic amines) is 1. The van der Waals surface area contributed by atoms with Crippen LogP contribution in [0.2, 0.25) is 0 Å². The van der Waals surface area contributed by atoms with E-state index in [9.17, 15) is 4.79 Å². The molecule has 21 heavy (non-hydrogen) atoms. The molecule has 0 bridgehead atoms. The minimum Gasteiger partial charge on any atom is -0.352 e. The van der Waals surface area contributed by atoms with Gasteiger partial charge in [0.05, 0.1) is 17.3 Å². The normalized spacial score (nSPS) is 20.2. The van der Waals surface area contributed by atoms with Crippen LogP contribution in [0.5, 0.6) is 0 Å². The maximum atomic E-state index is 12.2. The molecule has 2 rings (SSSR count). The summed E-state index contributed by atoms with van der Waals surface area (Å²) in [5, 5.41) is 7.32. The van der Waals surface area contributed by atoms with Crippen molar-refractivity contribution in [2.75, 3.05) is 19.6 Å². The van der Waals surface area contributed by atoms with Gasteiger partial charge < -0.3 is 10.2 Å². The van der Waals surface area contributed by atoms with Crippen LogP contribution in [0.25, 0.3) is 0 Å². The summed E-state index contributed by atoms with van der Waals surface area (Å²) in [7, 11) is 0. The first-order valence-electron chi connectivity index (χ1n) is 7.85. The van der Waals surface area contributed by atoms with Crippen molar-refractivity contribution in [3.63, 3.8) is 0 Å². The van der Waals surface area contributed by atoms with E-state index in [-0.39, 0.29) is 11.4 Å². The highest BCUT2D eigenvalue weighted by Crippen LogP contribution is 2.18. The zero-order valence-corrected chi connectivity index (χ0v) is 13.9. The van der Waals surface area contributed by atoms with E-state index in [1.54, 1.807) is 6.20 Å². The Hall–Kier alpha value is -1.36. The fourth-order valence-electron chi connectivity index (χ4n) is 2.64. The number of aromatic nitrogens is 2. The minimum absolute atomic E-state index is 0.0199. The van der Waals surface area contributed by atoms with E-state index in [1.807, 2.05) is 10.9 Å². The molecule has 0 spiro atoms. The van der Waals surface area contributed by atoms with Crippen molar-refractivity contribution in [1.82, 2.24) is 20.0 Å². The highest BCUT2D eigenvalue weighted by molar-refractivity contribution is 5.93. The van der Waals surface area contributed by atoms with Gasteiger partial charge in [-0.15, -0.1) is 0 Å². The lowest BCUT2D eigenvalue weighted by atomic mass is 10.1. The van der Waals surface area contributed by atoms with Crippen molar-refractivity contribution in [1.29, 1.82) is 0 Å². The Morgan fingerprint density at radius 1 is 1.48 bits per heavy atom. The summed E-state index contributed by atoms with van der Waals surface area (Å²) in [5.41, 5.74) is 0.547. The van der Waals surface area contributed by atoms with E-state index in [4.69, 9.17) is 0 Å². The standard InChI is InChI=1S/C16H28N4O/c1-12(2)19-7-6-13(10-19)8-17-15(21)14-9-18-20(11-14)16(3,4)5/h9,11-13H,6-8,10H2,1-5H3,(H,17,21)/t13-/m1/s1. The van der Waals surface area contributed by atoms with Gasteiger partial charge in [0.25, 0.3) is 5.91 Å². The van der Waals surface area contributed by atoms with Gasteiger partial charge in [-0.3, -0.25) is 9.48 Å². The van der Waals surface area contributed by atoms with Crippen LogP contribution in [0.4, 0.5) is 0 Å². The second-order valence-electron chi connectivity index (χ2n) is 7.30. The average Bonchev–Trinajstić information content (AvgIpc) is 3.04. The molecule has 1 aliphatic heterocycles. The molecular formula is C16H28N4O. The van der Waals surface area contributed by atoms with Gasteiger partial charge in [0.1, 0.15) is 0 Å². The predicted octanol–water partition coefficient (Wildman–Crippen LogP) is 2.10. The van der Waals surface area contributed by atoms with Crippen molar-refractivity contribution >= 4 is 5.91 Å². The van der Waals surface area contributed by atoms with Gasteiger partial charge in [-0.2, -0.15) is 5.10 Å². The summed E-state index contributed by atoms with van der Waals surface area (Å²) in [6.07, 6.45) is 4.64. The molecule has 5 heteroatoms. The molecule has 1 atom stereocenters. The molecule has 1 aliphatic rings. The Morgan fingerprint density at radius 3 is 2.71 bits per heavy atom. The van der Waals surface area contributed by atoms with Crippen molar-refractivity contribution in [2.24, 2.45) is 5.92 Å². The quantitative estimate of drug-likeness (QED) is 0.924. The smallest absolute Gasteiger partial charge is 0.254 e. The lowest BCUT2D eigenvalue weighted by Gasteiger charge is -2.20. The van der Waals surface area contributed by atoms with E-state index >= 15 is 0 Å². The van der Waals surface area contributed by atoms with Crippen molar-refractivity contribution in [3.05, 3.63) is 18.0 Å². The third-order valence-electron chi connectivity index (χ3n) is 4.13. The van der Waals surface area contributed by atoms with Gasteiger partial charge in [0.2, 0.25) is 0 Å². The van der Waals surface area contributed by atoms with Crippen LogP contribution in [0, 0.1) is 5.92 Å². The molecule has 0 aromatic carbocycles. The fourth-order valence-corrected chi connectivity index (χ4v) is 2.64. The Kier molecular flexibility index (Phi) is 4.71. The minimum atomic E-state index is -0.0955. The van der Waals surface area contributed by atoms with Crippen LogP contribution in [-0.4, -0.2) is 46.3 Å². The summed E-state index contributed by atoms with van der Waals surface area (Å²) in [4.78, 5) is 14.6. The molecule has 0 saturated carbocycles. The highest BCUT2D eigenvalue weighted by atomic mass is 16.1. The molecule has 1 N–H and O–H groups in total. The number of hydrogen-bond acceptors (Lipinski definition) is 3. The summed E-state index contributed by atoms with van der Waals surface area (Å²) < 4.78 is 1.83. The fraction of sp³-hybridized carbons (Fsp3) is 0.750. The molecule has 2 heterocycles.